The lowest BCUT2D eigenvalue weighted by Gasteiger charge is -2.34. The van der Waals surface area contributed by atoms with Gasteiger partial charge in [0.05, 0.1) is 5.16 Å². The Balaban J connectivity index is 2.56. The lowest BCUT2D eigenvalue weighted by Crippen LogP contribution is -2.47. The summed E-state index contributed by atoms with van der Waals surface area (Å²) in [4.78, 5) is 2.00. The van der Waals surface area contributed by atoms with E-state index in [1.54, 1.807) is 37.3 Å². The minimum Gasteiger partial charge on any atom is -0.359 e. The van der Waals surface area contributed by atoms with Crippen molar-refractivity contribution in [1.82, 2.24) is 10.1 Å². The molecule has 0 fully saturated rings. The Kier molecular flexibility index (Phi) is 5.29. The molecule has 0 aliphatic heterocycles. The minimum absolute atomic E-state index is 0.0150. The summed E-state index contributed by atoms with van der Waals surface area (Å²) in [6.07, 6.45) is 0. The molecule has 0 aliphatic rings. The maximum Gasteiger partial charge on any atom is 0.340 e. The molecule has 1 heterocycles. The van der Waals surface area contributed by atoms with Gasteiger partial charge in [0.1, 0.15) is 5.37 Å². The Morgan fingerprint density at radius 3 is 2.12 bits per heavy atom. The zero-order valence-electron chi connectivity index (χ0n) is 14.5. The second kappa shape index (κ2) is 6.90. The van der Waals surface area contributed by atoms with Gasteiger partial charge >= 0.3 is 5.03 Å². The van der Waals surface area contributed by atoms with Crippen LogP contribution in [0.3, 0.4) is 0 Å². The molecule has 0 amide bonds. The van der Waals surface area contributed by atoms with Gasteiger partial charge in [-0.2, -0.15) is 0 Å². The normalized spacial score (nSPS) is 13.8. The summed E-state index contributed by atoms with van der Waals surface area (Å²) in [5.41, 5.74) is 0.357. The number of rotatable bonds is 6. The van der Waals surface area contributed by atoms with Crippen molar-refractivity contribution in [2.45, 2.75) is 57.1 Å². The quantitative estimate of drug-likeness (QED) is 0.740. The van der Waals surface area contributed by atoms with Gasteiger partial charge in [0, 0.05) is 17.6 Å². The Hall–Kier alpha value is -1.93. The molecule has 0 saturated heterocycles. The maximum atomic E-state index is 13.1. The number of aromatic nitrogens is 2. The lowest BCUT2D eigenvalue weighted by molar-refractivity contribution is -0.793. The van der Waals surface area contributed by atoms with Gasteiger partial charge in [0.15, 0.2) is 0 Å². The molecule has 7 nitrogen and oxygen atoms in total. The molecule has 0 saturated carbocycles. The van der Waals surface area contributed by atoms with Crippen LogP contribution < -0.4 is 4.90 Å². The highest BCUT2D eigenvalue weighted by atomic mass is 32.2. The first-order chi connectivity index (χ1) is 11.2. The van der Waals surface area contributed by atoms with E-state index >= 15 is 0 Å². The van der Waals surface area contributed by atoms with Crippen molar-refractivity contribution in [3.05, 3.63) is 35.5 Å². The molecular weight excluding hydrogens is 330 g/mol. The molecule has 2 rings (SSSR count). The van der Waals surface area contributed by atoms with Gasteiger partial charge in [-0.3, -0.25) is 9.53 Å². The van der Waals surface area contributed by atoms with Gasteiger partial charge in [-0.1, -0.05) is 30.3 Å². The van der Waals surface area contributed by atoms with Crippen LogP contribution in [0.4, 0.5) is 0 Å². The molecule has 1 aromatic carbocycles. The summed E-state index contributed by atoms with van der Waals surface area (Å²) in [6, 6.07) is 8.54. The van der Waals surface area contributed by atoms with Crippen molar-refractivity contribution in [2.24, 2.45) is 0 Å². The molecule has 2 aromatic rings. The fourth-order valence-electron chi connectivity index (χ4n) is 3.01. The molecular formula is C16H23N3O4S. The molecule has 0 spiro atoms. The van der Waals surface area contributed by atoms with E-state index < -0.39 is 15.2 Å². The average molecular weight is 353 g/mol. The van der Waals surface area contributed by atoms with E-state index in [4.69, 9.17) is 0 Å². The van der Waals surface area contributed by atoms with E-state index in [0.717, 1.165) is 0 Å². The number of nitrogens with zero attached hydrogens (tertiary/aromatic N) is 3. The summed E-state index contributed by atoms with van der Waals surface area (Å²) in [7, 11) is -3.89. The molecule has 0 N–H and O–H groups in total. The molecule has 24 heavy (non-hydrogen) atoms. The van der Waals surface area contributed by atoms with Crippen molar-refractivity contribution in [3.8, 4) is 11.3 Å². The van der Waals surface area contributed by atoms with Gasteiger partial charge in [-0.05, 0) is 39.5 Å². The Labute approximate surface area is 142 Å². The van der Waals surface area contributed by atoms with E-state index in [1.165, 1.54) is 0 Å². The van der Waals surface area contributed by atoms with Gasteiger partial charge < -0.3 is 5.21 Å². The first-order valence-electron chi connectivity index (χ1n) is 7.84. The monoisotopic (exact) mass is 353 g/mol. The fourth-order valence-corrected chi connectivity index (χ4v) is 4.74. The fraction of sp³-hybridized carbons (Fsp3) is 0.500. The van der Waals surface area contributed by atoms with Crippen molar-refractivity contribution in [1.29, 1.82) is 0 Å². The van der Waals surface area contributed by atoms with Crippen LogP contribution >= 0.6 is 0 Å². The van der Waals surface area contributed by atoms with Crippen molar-refractivity contribution >= 4 is 9.84 Å². The summed E-state index contributed by atoms with van der Waals surface area (Å²) in [6.45, 7) is 9.33. The summed E-state index contributed by atoms with van der Waals surface area (Å²) < 4.78 is 30.7. The number of sulfone groups is 1. The third-order valence-corrected chi connectivity index (χ3v) is 5.91. The first kappa shape index (κ1) is 18.4. The molecule has 1 atom stereocenters. The molecule has 0 aliphatic carbocycles. The third-order valence-electron chi connectivity index (χ3n) is 3.96. The summed E-state index contributed by atoms with van der Waals surface area (Å²) in [5.74, 6) is 0. The summed E-state index contributed by atoms with van der Waals surface area (Å²) >= 11 is 0. The van der Waals surface area contributed by atoms with E-state index in [9.17, 15) is 13.6 Å². The molecule has 0 radical (unpaired) electrons. The Bertz CT molecular complexity index is 777. The van der Waals surface area contributed by atoms with Crippen LogP contribution in [0.2, 0.25) is 0 Å². The van der Waals surface area contributed by atoms with E-state index in [2.05, 4.69) is 9.79 Å². The zero-order chi connectivity index (χ0) is 18.1. The summed E-state index contributed by atoms with van der Waals surface area (Å²) in [5, 5.41) is 14.3. The standard InChI is InChI=1S/C16H23N3O4S/c1-11(2)18(12(3)4)13(5)24(21,22)16-15(19(20)23-17-16)14-9-7-6-8-10-14/h6-13H,1-5H3. The van der Waals surface area contributed by atoms with Crippen LogP contribution in [0.1, 0.15) is 34.6 Å². The second-order valence-electron chi connectivity index (χ2n) is 6.23. The highest BCUT2D eigenvalue weighted by Crippen LogP contribution is 2.28. The van der Waals surface area contributed by atoms with Crippen molar-refractivity contribution < 1.29 is 17.9 Å². The predicted octanol–water partition coefficient (Wildman–Crippen LogP) is 2.21. The van der Waals surface area contributed by atoms with E-state index in [1.807, 2.05) is 32.6 Å². The number of hydrogen-bond donors (Lipinski definition) is 0. The largest absolute Gasteiger partial charge is 0.359 e. The average Bonchev–Trinajstić information content (AvgIpc) is 2.89. The SMILES string of the molecule is CC(C)N(C(C)C)C(C)S(=O)(=O)c1no[n+]([O-])c1-c1ccccc1. The molecule has 8 heteroatoms. The maximum absolute atomic E-state index is 13.1. The molecule has 132 valence electrons. The van der Waals surface area contributed by atoms with Crippen LogP contribution in [0, 0.1) is 5.21 Å². The van der Waals surface area contributed by atoms with Crippen LogP contribution in [0.5, 0.6) is 0 Å². The topological polar surface area (TPSA) is 90.4 Å². The zero-order valence-corrected chi connectivity index (χ0v) is 15.3. The van der Waals surface area contributed by atoms with Gasteiger partial charge in [-0.25, -0.2) is 8.42 Å². The third kappa shape index (κ3) is 3.29. The lowest BCUT2D eigenvalue weighted by atomic mass is 10.2. The molecule has 0 bridgehead atoms. The van der Waals surface area contributed by atoms with Crippen LogP contribution in [-0.4, -0.2) is 35.9 Å². The van der Waals surface area contributed by atoms with Crippen molar-refractivity contribution in [2.75, 3.05) is 0 Å². The highest BCUT2D eigenvalue weighted by molar-refractivity contribution is 7.92. The Morgan fingerprint density at radius 2 is 1.62 bits per heavy atom. The minimum atomic E-state index is -3.89. The van der Waals surface area contributed by atoms with Crippen LogP contribution in [-0.2, 0) is 9.84 Å². The van der Waals surface area contributed by atoms with Crippen LogP contribution in [0.15, 0.2) is 40.0 Å². The smallest absolute Gasteiger partial charge is 0.340 e. The molecule has 1 unspecified atom stereocenters. The van der Waals surface area contributed by atoms with Gasteiger partial charge in [0.25, 0.3) is 0 Å². The molecule has 1 aromatic heterocycles. The van der Waals surface area contributed by atoms with Crippen molar-refractivity contribution in [3.63, 3.8) is 0 Å². The van der Waals surface area contributed by atoms with E-state index in [-0.39, 0.29) is 27.7 Å². The van der Waals surface area contributed by atoms with Gasteiger partial charge in [0.2, 0.25) is 15.5 Å². The highest BCUT2D eigenvalue weighted by Gasteiger charge is 2.41. The number of hydrogen-bond acceptors (Lipinski definition) is 6. The van der Waals surface area contributed by atoms with E-state index in [0.29, 0.717) is 5.56 Å². The first-order valence-corrected chi connectivity index (χ1v) is 9.39. The number of benzene rings is 1. The van der Waals surface area contributed by atoms with Gasteiger partial charge in [-0.15, -0.1) is 0 Å². The predicted molar refractivity (Wildman–Crippen MR) is 89.7 cm³/mol. The second-order valence-corrected chi connectivity index (χ2v) is 8.39. The van der Waals surface area contributed by atoms with Crippen LogP contribution in [0.25, 0.3) is 11.3 Å². The Morgan fingerprint density at radius 1 is 1.08 bits per heavy atom.